The van der Waals surface area contributed by atoms with Crippen LogP contribution in [0.1, 0.15) is 39.5 Å². The zero-order valence-electron chi connectivity index (χ0n) is 14.6. The molecule has 0 aromatic heterocycles. The summed E-state index contributed by atoms with van der Waals surface area (Å²) in [6, 6.07) is 12.0. The Labute approximate surface area is 138 Å². The van der Waals surface area contributed by atoms with E-state index in [1.165, 1.54) is 16.7 Å². The van der Waals surface area contributed by atoms with E-state index in [-0.39, 0.29) is 11.9 Å². The number of benzene rings is 2. The molecule has 122 valence electrons. The van der Waals surface area contributed by atoms with E-state index in [2.05, 4.69) is 37.4 Å². The predicted octanol–water partition coefficient (Wildman–Crippen LogP) is 3.98. The Morgan fingerprint density at radius 2 is 1.83 bits per heavy atom. The number of nitrogens with one attached hydrogen (secondary N) is 1. The van der Waals surface area contributed by atoms with Gasteiger partial charge < -0.3 is 10.1 Å². The van der Waals surface area contributed by atoms with Crippen molar-refractivity contribution in [2.75, 3.05) is 7.11 Å². The Morgan fingerprint density at radius 3 is 2.48 bits per heavy atom. The number of amides is 1. The number of hydrogen-bond acceptors (Lipinski definition) is 2. The van der Waals surface area contributed by atoms with E-state index in [0.29, 0.717) is 5.56 Å². The maximum absolute atomic E-state index is 12.4. The molecule has 3 nitrogen and oxygen atoms in total. The van der Waals surface area contributed by atoms with Gasteiger partial charge in [-0.05, 0) is 62.9 Å². The van der Waals surface area contributed by atoms with E-state index < -0.39 is 0 Å². The molecule has 0 aliphatic carbocycles. The summed E-state index contributed by atoms with van der Waals surface area (Å²) in [4.78, 5) is 12.4. The molecule has 2 rings (SSSR count). The van der Waals surface area contributed by atoms with Crippen LogP contribution < -0.4 is 10.1 Å². The van der Waals surface area contributed by atoms with Gasteiger partial charge in [-0.15, -0.1) is 0 Å². The number of carbonyl (C=O) groups is 1. The first kappa shape index (κ1) is 17.1. The van der Waals surface area contributed by atoms with Crippen LogP contribution in [-0.4, -0.2) is 19.1 Å². The molecule has 0 radical (unpaired) electrons. The second-order valence-electron chi connectivity index (χ2n) is 6.19. The van der Waals surface area contributed by atoms with Crippen LogP contribution in [-0.2, 0) is 6.42 Å². The minimum atomic E-state index is -0.0689. The van der Waals surface area contributed by atoms with Crippen molar-refractivity contribution < 1.29 is 9.53 Å². The molecule has 0 aliphatic heterocycles. The molecule has 0 fully saturated rings. The molecule has 0 spiro atoms. The van der Waals surface area contributed by atoms with Gasteiger partial charge in [-0.2, -0.15) is 0 Å². The molecule has 23 heavy (non-hydrogen) atoms. The topological polar surface area (TPSA) is 38.3 Å². The number of hydrogen-bond donors (Lipinski definition) is 1. The lowest BCUT2D eigenvalue weighted by Gasteiger charge is -2.16. The van der Waals surface area contributed by atoms with Crippen LogP contribution in [0.3, 0.4) is 0 Å². The highest BCUT2D eigenvalue weighted by atomic mass is 16.5. The molecule has 0 bridgehead atoms. The highest BCUT2D eigenvalue weighted by molar-refractivity contribution is 5.94. The van der Waals surface area contributed by atoms with Crippen molar-refractivity contribution in [2.45, 2.75) is 40.2 Å². The van der Waals surface area contributed by atoms with Gasteiger partial charge in [-0.25, -0.2) is 0 Å². The normalized spacial score (nSPS) is 11.9. The van der Waals surface area contributed by atoms with Gasteiger partial charge in [-0.3, -0.25) is 4.79 Å². The fourth-order valence-corrected chi connectivity index (χ4v) is 2.72. The molecule has 1 amide bonds. The summed E-state index contributed by atoms with van der Waals surface area (Å²) in [5.41, 5.74) is 5.44. The molecule has 0 saturated carbocycles. The summed E-state index contributed by atoms with van der Waals surface area (Å²) in [5, 5.41) is 3.06. The number of ether oxygens (including phenoxy) is 1. The molecule has 1 atom stereocenters. The van der Waals surface area contributed by atoms with Gasteiger partial charge in [0.2, 0.25) is 0 Å². The van der Waals surface area contributed by atoms with Crippen molar-refractivity contribution in [3.05, 3.63) is 64.2 Å². The molecule has 2 aromatic carbocycles. The van der Waals surface area contributed by atoms with Gasteiger partial charge in [0, 0.05) is 11.6 Å². The third-order valence-electron chi connectivity index (χ3n) is 4.07. The number of carbonyl (C=O) groups excluding carboxylic acids is 1. The van der Waals surface area contributed by atoms with Crippen LogP contribution in [0.25, 0.3) is 0 Å². The monoisotopic (exact) mass is 311 g/mol. The van der Waals surface area contributed by atoms with Crippen molar-refractivity contribution in [1.82, 2.24) is 5.32 Å². The molecule has 0 saturated heterocycles. The lowest BCUT2D eigenvalue weighted by atomic mass is 9.99. The first-order chi connectivity index (χ1) is 10.9. The van der Waals surface area contributed by atoms with E-state index in [0.717, 1.165) is 17.7 Å². The van der Waals surface area contributed by atoms with Crippen LogP contribution in [0.2, 0.25) is 0 Å². The predicted molar refractivity (Wildman–Crippen MR) is 94.3 cm³/mol. The molecular formula is C20H25NO2. The molecule has 1 unspecified atom stereocenters. The molecule has 1 N–H and O–H groups in total. The second-order valence-corrected chi connectivity index (χ2v) is 6.19. The van der Waals surface area contributed by atoms with E-state index in [4.69, 9.17) is 4.74 Å². The SMILES string of the molecule is COc1cc(C(=O)NC(C)Cc2ccc(C)cc2C)ccc1C. The Kier molecular flexibility index (Phi) is 5.43. The maximum Gasteiger partial charge on any atom is 0.251 e. The minimum Gasteiger partial charge on any atom is -0.496 e. The van der Waals surface area contributed by atoms with E-state index >= 15 is 0 Å². The largest absolute Gasteiger partial charge is 0.496 e. The molecule has 0 aliphatic rings. The van der Waals surface area contributed by atoms with E-state index in [9.17, 15) is 4.79 Å². The smallest absolute Gasteiger partial charge is 0.251 e. The van der Waals surface area contributed by atoms with Gasteiger partial charge in [0.15, 0.2) is 0 Å². The van der Waals surface area contributed by atoms with Crippen molar-refractivity contribution in [3.63, 3.8) is 0 Å². The summed E-state index contributed by atoms with van der Waals surface area (Å²) < 4.78 is 5.28. The van der Waals surface area contributed by atoms with E-state index in [1.54, 1.807) is 13.2 Å². The van der Waals surface area contributed by atoms with Crippen molar-refractivity contribution in [3.8, 4) is 5.75 Å². The number of rotatable bonds is 5. The Morgan fingerprint density at radius 1 is 1.09 bits per heavy atom. The van der Waals surface area contributed by atoms with Crippen LogP contribution in [0.15, 0.2) is 36.4 Å². The average Bonchev–Trinajstić information content (AvgIpc) is 2.50. The third-order valence-corrected chi connectivity index (χ3v) is 4.07. The molecule has 2 aromatic rings. The molecular weight excluding hydrogens is 286 g/mol. The summed E-state index contributed by atoms with van der Waals surface area (Å²) in [6.07, 6.45) is 0.820. The fraction of sp³-hybridized carbons (Fsp3) is 0.350. The average molecular weight is 311 g/mol. The third kappa shape index (κ3) is 4.35. The lowest BCUT2D eigenvalue weighted by Crippen LogP contribution is -2.34. The second kappa shape index (κ2) is 7.32. The van der Waals surface area contributed by atoms with Gasteiger partial charge in [0.1, 0.15) is 5.75 Å². The highest BCUT2D eigenvalue weighted by Crippen LogP contribution is 2.19. The summed E-state index contributed by atoms with van der Waals surface area (Å²) in [7, 11) is 1.62. The van der Waals surface area contributed by atoms with Crippen LogP contribution in [0, 0.1) is 20.8 Å². The van der Waals surface area contributed by atoms with Crippen molar-refractivity contribution >= 4 is 5.91 Å². The van der Waals surface area contributed by atoms with Crippen molar-refractivity contribution in [1.29, 1.82) is 0 Å². The standard InChI is InChI=1S/C20H25NO2/c1-13-6-8-17(15(3)10-13)11-16(4)21-20(22)18-9-7-14(2)19(12-18)23-5/h6-10,12,16H,11H2,1-5H3,(H,21,22). The maximum atomic E-state index is 12.4. The first-order valence-corrected chi connectivity index (χ1v) is 7.92. The van der Waals surface area contributed by atoms with Gasteiger partial charge in [0.25, 0.3) is 5.91 Å². The molecule has 0 heterocycles. The highest BCUT2D eigenvalue weighted by Gasteiger charge is 2.13. The Balaban J connectivity index is 2.04. The number of aryl methyl sites for hydroxylation is 3. The van der Waals surface area contributed by atoms with Gasteiger partial charge in [-0.1, -0.05) is 29.8 Å². The number of methoxy groups -OCH3 is 1. The zero-order valence-corrected chi connectivity index (χ0v) is 14.6. The fourth-order valence-electron chi connectivity index (χ4n) is 2.72. The first-order valence-electron chi connectivity index (χ1n) is 7.92. The van der Waals surface area contributed by atoms with Gasteiger partial charge in [0.05, 0.1) is 7.11 Å². The Bertz CT molecular complexity index is 707. The summed E-state index contributed by atoms with van der Waals surface area (Å²) >= 11 is 0. The Hall–Kier alpha value is -2.29. The van der Waals surface area contributed by atoms with Gasteiger partial charge >= 0.3 is 0 Å². The zero-order chi connectivity index (χ0) is 17.0. The summed E-state index contributed by atoms with van der Waals surface area (Å²) in [6.45, 7) is 8.19. The van der Waals surface area contributed by atoms with E-state index in [1.807, 2.05) is 26.0 Å². The van der Waals surface area contributed by atoms with Crippen LogP contribution >= 0.6 is 0 Å². The van der Waals surface area contributed by atoms with Crippen LogP contribution in [0.5, 0.6) is 5.75 Å². The van der Waals surface area contributed by atoms with Crippen molar-refractivity contribution in [2.24, 2.45) is 0 Å². The minimum absolute atomic E-state index is 0.0659. The van der Waals surface area contributed by atoms with Crippen LogP contribution in [0.4, 0.5) is 0 Å². The summed E-state index contributed by atoms with van der Waals surface area (Å²) in [5.74, 6) is 0.667. The lowest BCUT2D eigenvalue weighted by molar-refractivity contribution is 0.0939. The quantitative estimate of drug-likeness (QED) is 0.907. The molecule has 3 heteroatoms.